The van der Waals surface area contributed by atoms with Crippen LogP contribution in [0.15, 0.2) is 47.4 Å². The highest BCUT2D eigenvalue weighted by atomic mass is 32.2. The van der Waals surface area contributed by atoms with Crippen LogP contribution in [0.1, 0.15) is 47.2 Å². The van der Waals surface area contributed by atoms with Gasteiger partial charge in [0.15, 0.2) is 9.84 Å². The third-order valence-electron chi connectivity index (χ3n) is 6.41. The van der Waals surface area contributed by atoms with Gasteiger partial charge in [0.1, 0.15) is 0 Å². The van der Waals surface area contributed by atoms with E-state index in [0.29, 0.717) is 16.8 Å². The van der Waals surface area contributed by atoms with Crippen molar-refractivity contribution in [1.29, 1.82) is 5.26 Å². The number of benzene rings is 2. The summed E-state index contributed by atoms with van der Waals surface area (Å²) in [7, 11) is -3.47. The number of nitrogens with two attached hydrogens (primary N) is 1. The van der Waals surface area contributed by atoms with Crippen molar-refractivity contribution in [3.63, 3.8) is 0 Å². The van der Waals surface area contributed by atoms with Crippen LogP contribution in [-0.2, 0) is 19.3 Å². The number of nitriles is 1. The monoisotopic (exact) mass is 557 g/mol. The number of carbonyl (C=O) groups excluding carboxylic acids is 1. The lowest BCUT2D eigenvalue weighted by Gasteiger charge is -2.28. The molecule has 1 saturated heterocycles. The first kappa shape index (κ1) is 29.3. The van der Waals surface area contributed by atoms with Crippen LogP contribution in [0.25, 0.3) is 0 Å². The molecular formula is C25H27F4N3O5S. The molecule has 0 aromatic heterocycles. The van der Waals surface area contributed by atoms with Crippen LogP contribution in [0.2, 0.25) is 0 Å². The van der Waals surface area contributed by atoms with Crippen LogP contribution in [-0.4, -0.2) is 58.6 Å². The Hall–Kier alpha value is -3.21. The van der Waals surface area contributed by atoms with Crippen molar-refractivity contribution in [2.24, 2.45) is 5.73 Å². The number of alkyl halides is 4. The standard InChI is InChI=1S/C25H27F4N3O5S/c1-2-38(34,35)19-6-3-15(4-7-19)20(9-10-30)22-12-16(5-8-21(22)23(31)33)32-13-18(37-25(28)29)11-17(32)14-36-24(26)27/h3-8,12,17-18,20,24-25H,2,9,11,13-14H2,1H3,(H2,31,33)/t17-,18-,20-/m0/s1. The molecule has 1 fully saturated rings. The lowest BCUT2D eigenvalue weighted by atomic mass is 9.85. The third kappa shape index (κ3) is 7.00. The van der Waals surface area contributed by atoms with Gasteiger partial charge in [-0.3, -0.25) is 4.79 Å². The van der Waals surface area contributed by atoms with Crippen LogP contribution in [0.4, 0.5) is 23.2 Å². The van der Waals surface area contributed by atoms with Crippen LogP contribution in [0, 0.1) is 11.3 Å². The maximum absolute atomic E-state index is 12.9. The van der Waals surface area contributed by atoms with E-state index >= 15 is 0 Å². The average molecular weight is 558 g/mol. The molecule has 0 bridgehead atoms. The van der Waals surface area contributed by atoms with Crippen molar-refractivity contribution in [3.8, 4) is 6.07 Å². The van der Waals surface area contributed by atoms with Gasteiger partial charge in [-0.15, -0.1) is 0 Å². The zero-order chi connectivity index (χ0) is 28.0. The number of ether oxygens (including phenoxy) is 2. The number of sulfone groups is 1. The van der Waals surface area contributed by atoms with Gasteiger partial charge in [-0.1, -0.05) is 19.1 Å². The number of primary amides is 1. The van der Waals surface area contributed by atoms with Crippen LogP contribution < -0.4 is 10.6 Å². The fourth-order valence-electron chi connectivity index (χ4n) is 4.59. The molecule has 0 spiro atoms. The largest absolute Gasteiger partial charge is 0.366 e. The summed E-state index contributed by atoms with van der Waals surface area (Å²) in [4.78, 5) is 14.0. The molecule has 1 aliphatic rings. The Balaban J connectivity index is 2.05. The van der Waals surface area contributed by atoms with E-state index in [4.69, 9.17) is 5.73 Å². The minimum atomic E-state index is -3.47. The summed E-state index contributed by atoms with van der Waals surface area (Å²) in [5.74, 6) is -1.57. The number of nitrogens with zero attached hydrogens (tertiary/aromatic N) is 2. The zero-order valence-corrected chi connectivity index (χ0v) is 21.2. The second-order valence-corrected chi connectivity index (χ2v) is 11.0. The van der Waals surface area contributed by atoms with E-state index in [1.807, 2.05) is 0 Å². The van der Waals surface area contributed by atoms with Crippen molar-refractivity contribution in [2.45, 2.75) is 55.9 Å². The van der Waals surface area contributed by atoms with Gasteiger partial charge in [-0.2, -0.15) is 22.8 Å². The van der Waals surface area contributed by atoms with Crippen molar-refractivity contribution in [2.75, 3.05) is 23.8 Å². The summed E-state index contributed by atoms with van der Waals surface area (Å²) in [5.41, 5.74) is 6.98. The molecule has 0 aliphatic carbocycles. The van der Waals surface area contributed by atoms with E-state index in [1.165, 1.54) is 31.2 Å². The topological polar surface area (TPSA) is 123 Å². The minimum absolute atomic E-state index is 0.00104. The molecule has 8 nitrogen and oxygen atoms in total. The first-order valence-corrected chi connectivity index (χ1v) is 13.4. The van der Waals surface area contributed by atoms with E-state index in [1.54, 1.807) is 23.1 Å². The molecule has 2 aromatic rings. The highest BCUT2D eigenvalue weighted by molar-refractivity contribution is 7.91. The molecule has 1 aliphatic heterocycles. The summed E-state index contributed by atoms with van der Waals surface area (Å²) >= 11 is 0. The highest BCUT2D eigenvalue weighted by Crippen LogP contribution is 2.36. The fraction of sp³-hybridized carbons (Fsp3) is 0.440. The third-order valence-corrected chi connectivity index (χ3v) is 8.16. The van der Waals surface area contributed by atoms with Gasteiger partial charge in [0.05, 0.1) is 35.5 Å². The number of hydrogen-bond acceptors (Lipinski definition) is 7. The molecule has 38 heavy (non-hydrogen) atoms. The van der Waals surface area contributed by atoms with E-state index in [-0.39, 0.29) is 35.6 Å². The van der Waals surface area contributed by atoms with Crippen molar-refractivity contribution in [3.05, 3.63) is 59.2 Å². The molecule has 3 rings (SSSR count). The first-order chi connectivity index (χ1) is 18.0. The maximum atomic E-state index is 12.9. The number of anilines is 1. The summed E-state index contributed by atoms with van der Waals surface area (Å²) < 4.78 is 84.6. The smallest absolute Gasteiger partial charge is 0.345 e. The van der Waals surface area contributed by atoms with Crippen molar-refractivity contribution >= 4 is 21.4 Å². The van der Waals surface area contributed by atoms with Crippen molar-refractivity contribution < 1.29 is 40.2 Å². The quantitative estimate of drug-likeness (QED) is 0.391. The van der Waals surface area contributed by atoms with Gasteiger partial charge in [0.25, 0.3) is 0 Å². The molecule has 0 saturated carbocycles. The molecule has 13 heteroatoms. The SMILES string of the molecule is CCS(=O)(=O)c1ccc([C@H](CC#N)c2cc(N3C[C@@H](OC(F)F)C[C@H]3COC(F)F)ccc2C(N)=O)cc1. The molecule has 206 valence electrons. The lowest BCUT2D eigenvalue weighted by Crippen LogP contribution is -2.34. The number of amides is 1. The fourth-order valence-corrected chi connectivity index (χ4v) is 5.47. The Morgan fingerprint density at radius 2 is 1.84 bits per heavy atom. The number of halogens is 4. The molecular weight excluding hydrogens is 530 g/mol. The second kappa shape index (κ2) is 12.6. The predicted octanol–water partition coefficient (Wildman–Crippen LogP) is 4.05. The Kier molecular flexibility index (Phi) is 9.70. The first-order valence-electron chi connectivity index (χ1n) is 11.7. The van der Waals surface area contributed by atoms with Crippen LogP contribution in [0.5, 0.6) is 0 Å². The normalized spacial score (nSPS) is 18.6. The number of rotatable bonds is 12. The predicted molar refractivity (Wildman–Crippen MR) is 130 cm³/mol. The molecule has 2 N–H and O–H groups in total. The maximum Gasteiger partial charge on any atom is 0.345 e. The summed E-state index contributed by atoms with van der Waals surface area (Å²) in [6.45, 7) is -5.10. The summed E-state index contributed by atoms with van der Waals surface area (Å²) in [6, 6.07) is 11.7. The molecule has 0 unspecified atom stereocenters. The Morgan fingerprint density at radius 3 is 2.39 bits per heavy atom. The highest BCUT2D eigenvalue weighted by Gasteiger charge is 2.36. The Bertz CT molecular complexity index is 1270. The molecule has 1 amide bonds. The molecule has 2 aromatic carbocycles. The summed E-state index contributed by atoms with van der Waals surface area (Å²) in [6.07, 6.45) is -1.05. The van der Waals surface area contributed by atoms with Gasteiger partial charge in [-0.05, 0) is 47.9 Å². The van der Waals surface area contributed by atoms with Gasteiger partial charge in [-0.25, -0.2) is 8.42 Å². The van der Waals surface area contributed by atoms with Crippen LogP contribution in [0.3, 0.4) is 0 Å². The van der Waals surface area contributed by atoms with E-state index in [0.717, 1.165) is 0 Å². The lowest BCUT2D eigenvalue weighted by molar-refractivity contribution is -0.159. The van der Waals surface area contributed by atoms with Crippen molar-refractivity contribution in [1.82, 2.24) is 0 Å². The molecule has 0 radical (unpaired) electrons. The minimum Gasteiger partial charge on any atom is -0.366 e. The van der Waals surface area contributed by atoms with E-state index < -0.39 is 53.6 Å². The van der Waals surface area contributed by atoms with Gasteiger partial charge < -0.3 is 20.1 Å². The molecule has 1 heterocycles. The zero-order valence-electron chi connectivity index (χ0n) is 20.4. The van der Waals surface area contributed by atoms with E-state index in [9.17, 15) is 36.0 Å². The average Bonchev–Trinajstić information content (AvgIpc) is 3.27. The van der Waals surface area contributed by atoms with Gasteiger partial charge >= 0.3 is 13.2 Å². The molecule has 3 atom stereocenters. The number of hydrogen-bond donors (Lipinski definition) is 1. The number of carbonyl (C=O) groups is 1. The van der Waals surface area contributed by atoms with Gasteiger partial charge in [0.2, 0.25) is 5.91 Å². The second-order valence-electron chi connectivity index (χ2n) is 8.68. The Labute approximate surface area is 217 Å². The van der Waals surface area contributed by atoms with Crippen LogP contribution >= 0.6 is 0 Å². The Morgan fingerprint density at radius 1 is 1.16 bits per heavy atom. The van der Waals surface area contributed by atoms with Gasteiger partial charge in [0, 0.05) is 30.1 Å². The summed E-state index contributed by atoms with van der Waals surface area (Å²) in [5, 5.41) is 9.53. The van der Waals surface area contributed by atoms with E-state index in [2.05, 4.69) is 15.5 Å².